The molecular formula is C28H35N3O2. The summed E-state index contributed by atoms with van der Waals surface area (Å²) in [5, 5.41) is 0. The fraction of sp³-hybridized carbons (Fsp3) is 0.429. The lowest BCUT2D eigenvalue weighted by molar-refractivity contribution is -0.123. The normalized spacial score (nSPS) is 19.4. The van der Waals surface area contributed by atoms with Crippen molar-refractivity contribution in [2.75, 3.05) is 18.0 Å². The zero-order valence-corrected chi connectivity index (χ0v) is 20.1. The van der Waals surface area contributed by atoms with E-state index in [4.69, 9.17) is 9.73 Å². The van der Waals surface area contributed by atoms with Gasteiger partial charge in [0.2, 0.25) is 0 Å². The Kier molecular flexibility index (Phi) is 7.48. The van der Waals surface area contributed by atoms with Crippen LogP contribution in [0.1, 0.15) is 62.6 Å². The van der Waals surface area contributed by atoms with E-state index in [2.05, 4.69) is 43.9 Å². The number of rotatable bonds is 7. The number of ether oxygens (including phenoxy) is 1. The Morgan fingerprint density at radius 1 is 1.06 bits per heavy atom. The van der Waals surface area contributed by atoms with Crippen molar-refractivity contribution in [1.29, 1.82) is 0 Å². The maximum absolute atomic E-state index is 13.4. The first kappa shape index (κ1) is 23.1. The van der Waals surface area contributed by atoms with Crippen LogP contribution in [0, 0.1) is 6.92 Å². The third-order valence-corrected chi connectivity index (χ3v) is 6.56. The summed E-state index contributed by atoms with van der Waals surface area (Å²) in [6.45, 7) is 8.84. The molecule has 1 amide bonds. The molecule has 2 fully saturated rings. The number of nitrogens with zero attached hydrogens (tertiary/aromatic N) is 3. The Hall–Kier alpha value is -3.08. The molecule has 0 atom stereocenters. The number of carbonyl (C=O) groups excluding carboxylic acids is 1. The van der Waals surface area contributed by atoms with Gasteiger partial charge in [0.25, 0.3) is 5.91 Å². The SMILES string of the molecule is CCN(CC)c1ccc(C=C2OC(=NC3CCCCC3)N(Cc3ccccc3)C2=O)cc1C. The van der Waals surface area contributed by atoms with Crippen LogP contribution in [0.2, 0.25) is 0 Å². The number of hydrogen-bond acceptors (Lipinski definition) is 4. The minimum absolute atomic E-state index is 0.126. The number of benzene rings is 2. The summed E-state index contributed by atoms with van der Waals surface area (Å²) in [6, 6.07) is 17.0. The van der Waals surface area contributed by atoms with Crippen LogP contribution in [0.3, 0.4) is 0 Å². The van der Waals surface area contributed by atoms with Gasteiger partial charge in [0.15, 0.2) is 5.76 Å². The van der Waals surface area contributed by atoms with Crippen molar-refractivity contribution in [3.8, 4) is 0 Å². The Balaban J connectivity index is 1.62. The Labute approximate surface area is 197 Å². The summed E-state index contributed by atoms with van der Waals surface area (Å²) < 4.78 is 6.10. The largest absolute Gasteiger partial charge is 0.420 e. The monoisotopic (exact) mass is 445 g/mol. The highest BCUT2D eigenvalue weighted by Gasteiger charge is 2.35. The molecule has 174 valence electrons. The molecule has 1 aliphatic carbocycles. The molecule has 2 aromatic rings. The topological polar surface area (TPSA) is 45.1 Å². The molecule has 0 aromatic heterocycles. The van der Waals surface area contributed by atoms with Crippen molar-refractivity contribution < 1.29 is 9.53 Å². The molecule has 0 radical (unpaired) electrons. The Morgan fingerprint density at radius 3 is 2.45 bits per heavy atom. The Bertz CT molecular complexity index is 1020. The van der Waals surface area contributed by atoms with Crippen molar-refractivity contribution in [3.63, 3.8) is 0 Å². The lowest BCUT2D eigenvalue weighted by Gasteiger charge is -2.23. The van der Waals surface area contributed by atoms with Gasteiger partial charge in [-0.3, -0.25) is 9.69 Å². The number of amidine groups is 1. The molecule has 1 aliphatic heterocycles. The minimum atomic E-state index is -0.126. The molecule has 4 rings (SSSR count). The summed E-state index contributed by atoms with van der Waals surface area (Å²) in [5.74, 6) is 0.217. The van der Waals surface area contributed by atoms with Crippen LogP contribution < -0.4 is 4.90 Å². The summed E-state index contributed by atoms with van der Waals surface area (Å²) in [5.41, 5.74) is 4.44. The highest BCUT2D eigenvalue weighted by molar-refractivity contribution is 6.11. The van der Waals surface area contributed by atoms with E-state index in [1.807, 2.05) is 36.4 Å². The van der Waals surface area contributed by atoms with E-state index in [1.165, 1.54) is 30.5 Å². The molecule has 5 heteroatoms. The van der Waals surface area contributed by atoms with Crippen LogP contribution in [-0.2, 0) is 16.1 Å². The number of hydrogen-bond donors (Lipinski definition) is 0. The van der Waals surface area contributed by atoms with Crippen molar-refractivity contribution >= 4 is 23.7 Å². The van der Waals surface area contributed by atoms with Gasteiger partial charge < -0.3 is 9.64 Å². The average molecular weight is 446 g/mol. The van der Waals surface area contributed by atoms with Crippen LogP contribution in [0.25, 0.3) is 6.08 Å². The van der Waals surface area contributed by atoms with Crippen molar-refractivity contribution in [2.24, 2.45) is 4.99 Å². The van der Waals surface area contributed by atoms with Crippen LogP contribution in [0.5, 0.6) is 0 Å². The molecule has 0 spiro atoms. The smallest absolute Gasteiger partial charge is 0.300 e. The first-order chi connectivity index (χ1) is 16.1. The zero-order valence-electron chi connectivity index (χ0n) is 20.1. The average Bonchev–Trinajstić information content (AvgIpc) is 3.11. The molecule has 0 N–H and O–H groups in total. The first-order valence-corrected chi connectivity index (χ1v) is 12.3. The molecule has 2 aliphatic rings. The Morgan fingerprint density at radius 2 is 1.79 bits per heavy atom. The second kappa shape index (κ2) is 10.7. The molecule has 1 saturated carbocycles. The molecule has 1 heterocycles. The van der Waals surface area contributed by atoms with E-state index in [1.54, 1.807) is 4.90 Å². The second-order valence-electron chi connectivity index (χ2n) is 8.91. The van der Waals surface area contributed by atoms with Crippen LogP contribution in [0.4, 0.5) is 5.69 Å². The predicted molar refractivity (Wildman–Crippen MR) is 135 cm³/mol. The first-order valence-electron chi connectivity index (χ1n) is 12.3. The number of amides is 1. The molecular weight excluding hydrogens is 410 g/mol. The quantitative estimate of drug-likeness (QED) is 0.496. The zero-order chi connectivity index (χ0) is 23.2. The molecule has 2 aromatic carbocycles. The summed E-state index contributed by atoms with van der Waals surface area (Å²) >= 11 is 0. The van der Waals surface area contributed by atoms with Gasteiger partial charge in [-0.25, -0.2) is 4.99 Å². The van der Waals surface area contributed by atoms with E-state index < -0.39 is 0 Å². The van der Waals surface area contributed by atoms with E-state index in [-0.39, 0.29) is 11.9 Å². The maximum Gasteiger partial charge on any atom is 0.300 e. The van der Waals surface area contributed by atoms with Gasteiger partial charge >= 0.3 is 6.02 Å². The number of carbonyl (C=O) groups is 1. The maximum atomic E-state index is 13.4. The molecule has 5 nitrogen and oxygen atoms in total. The summed E-state index contributed by atoms with van der Waals surface area (Å²) in [4.78, 5) is 22.3. The van der Waals surface area contributed by atoms with Gasteiger partial charge in [0.1, 0.15) is 0 Å². The van der Waals surface area contributed by atoms with Crippen LogP contribution in [-0.4, -0.2) is 36.0 Å². The fourth-order valence-electron chi connectivity index (χ4n) is 4.71. The minimum Gasteiger partial charge on any atom is -0.420 e. The van der Waals surface area contributed by atoms with Crippen molar-refractivity contribution in [2.45, 2.75) is 65.5 Å². The lowest BCUT2D eigenvalue weighted by atomic mass is 9.96. The van der Waals surface area contributed by atoms with Gasteiger partial charge in [0.05, 0.1) is 12.6 Å². The third-order valence-electron chi connectivity index (χ3n) is 6.56. The molecule has 33 heavy (non-hydrogen) atoms. The summed E-state index contributed by atoms with van der Waals surface area (Å²) in [6.07, 6.45) is 7.62. The number of anilines is 1. The van der Waals surface area contributed by atoms with Gasteiger partial charge in [-0.15, -0.1) is 0 Å². The predicted octanol–water partition coefficient (Wildman–Crippen LogP) is 5.93. The van der Waals surface area contributed by atoms with E-state index in [0.717, 1.165) is 37.1 Å². The van der Waals surface area contributed by atoms with Gasteiger partial charge in [-0.05, 0) is 68.5 Å². The van der Waals surface area contributed by atoms with E-state index in [0.29, 0.717) is 18.3 Å². The molecule has 0 unspecified atom stereocenters. The van der Waals surface area contributed by atoms with E-state index in [9.17, 15) is 4.79 Å². The van der Waals surface area contributed by atoms with Crippen molar-refractivity contribution in [3.05, 3.63) is 71.0 Å². The van der Waals surface area contributed by atoms with Crippen molar-refractivity contribution in [1.82, 2.24) is 4.90 Å². The highest BCUT2D eigenvalue weighted by atomic mass is 16.5. The van der Waals surface area contributed by atoms with Gasteiger partial charge in [0, 0.05) is 18.8 Å². The number of aryl methyl sites for hydroxylation is 1. The highest BCUT2D eigenvalue weighted by Crippen LogP contribution is 2.27. The van der Waals surface area contributed by atoms with Crippen LogP contribution in [0.15, 0.2) is 59.3 Å². The second-order valence-corrected chi connectivity index (χ2v) is 8.91. The standard InChI is InChI=1S/C28H35N3O2/c1-4-30(5-2)25-17-16-23(18-21(25)3)19-26-27(32)31(20-22-12-8-6-9-13-22)28(33-26)29-24-14-10-7-11-15-24/h6,8-9,12-13,16-19,24H,4-5,7,10-11,14-15,20H2,1-3H3. The van der Waals surface area contributed by atoms with Gasteiger partial charge in [-0.2, -0.15) is 0 Å². The third kappa shape index (κ3) is 5.47. The summed E-state index contributed by atoms with van der Waals surface area (Å²) in [7, 11) is 0. The number of aliphatic imine (C=N–C) groups is 1. The van der Waals surface area contributed by atoms with Gasteiger partial charge in [-0.1, -0.05) is 55.7 Å². The lowest BCUT2D eigenvalue weighted by Crippen LogP contribution is -2.30. The van der Waals surface area contributed by atoms with E-state index >= 15 is 0 Å². The van der Waals surface area contributed by atoms with Crippen LogP contribution >= 0.6 is 0 Å². The fourth-order valence-corrected chi connectivity index (χ4v) is 4.71. The molecule has 0 bridgehead atoms. The molecule has 1 saturated heterocycles.